The molecule has 13 heavy (non-hydrogen) atoms. The maximum absolute atomic E-state index is 3.63. The number of hydrogen-bond donors (Lipinski definition) is 1. The molecule has 1 saturated heterocycles. The van der Waals surface area contributed by atoms with Gasteiger partial charge in [-0.2, -0.15) is 0 Å². The first kappa shape index (κ1) is 11.0. The predicted molar refractivity (Wildman–Crippen MR) is 58.0 cm³/mol. The van der Waals surface area contributed by atoms with Crippen molar-refractivity contribution >= 4 is 0 Å². The zero-order chi connectivity index (χ0) is 9.68. The van der Waals surface area contributed by atoms with Crippen molar-refractivity contribution in [3.8, 4) is 0 Å². The van der Waals surface area contributed by atoms with Crippen LogP contribution in [0.4, 0.5) is 0 Å². The van der Waals surface area contributed by atoms with Gasteiger partial charge in [-0.15, -0.1) is 0 Å². The Bertz CT molecular complexity index is 134. The standard InChI is InChI=1S/C11H24N2/c1-4-6-11-9-13(10(2)3)8-5-7-12-11/h10-12H,4-9H2,1-3H3. The molecule has 1 fully saturated rings. The molecule has 0 saturated carbocycles. The van der Waals surface area contributed by atoms with Crippen LogP contribution in [0.3, 0.4) is 0 Å². The highest BCUT2D eigenvalue weighted by atomic mass is 15.2. The van der Waals surface area contributed by atoms with Crippen LogP contribution in [-0.2, 0) is 0 Å². The summed E-state index contributed by atoms with van der Waals surface area (Å²) in [7, 11) is 0. The summed E-state index contributed by atoms with van der Waals surface area (Å²) < 4.78 is 0. The third kappa shape index (κ3) is 3.65. The van der Waals surface area contributed by atoms with E-state index in [0.29, 0.717) is 6.04 Å². The maximum atomic E-state index is 3.63. The highest BCUT2D eigenvalue weighted by Crippen LogP contribution is 2.08. The molecule has 2 heteroatoms. The molecule has 0 radical (unpaired) electrons. The molecule has 2 nitrogen and oxygen atoms in total. The quantitative estimate of drug-likeness (QED) is 0.720. The summed E-state index contributed by atoms with van der Waals surface area (Å²) in [6, 6.07) is 1.44. The molecule has 0 aromatic heterocycles. The van der Waals surface area contributed by atoms with Crippen molar-refractivity contribution in [2.45, 2.75) is 52.1 Å². The smallest absolute Gasteiger partial charge is 0.0195 e. The Morgan fingerprint density at radius 1 is 1.46 bits per heavy atom. The van der Waals surface area contributed by atoms with Crippen LogP contribution in [0.5, 0.6) is 0 Å². The van der Waals surface area contributed by atoms with Crippen LogP contribution in [0.15, 0.2) is 0 Å². The first-order valence-corrected chi connectivity index (χ1v) is 5.71. The SMILES string of the molecule is CCCC1CN(C(C)C)CCCN1. The Balaban J connectivity index is 2.39. The molecule has 1 rings (SSSR count). The van der Waals surface area contributed by atoms with Gasteiger partial charge in [0.05, 0.1) is 0 Å². The van der Waals surface area contributed by atoms with E-state index in [4.69, 9.17) is 0 Å². The van der Waals surface area contributed by atoms with E-state index in [-0.39, 0.29) is 0 Å². The first-order chi connectivity index (χ1) is 6.24. The summed E-state index contributed by atoms with van der Waals surface area (Å²) >= 11 is 0. The van der Waals surface area contributed by atoms with Gasteiger partial charge in [-0.05, 0) is 39.8 Å². The summed E-state index contributed by atoms with van der Waals surface area (Å²) in [5.74, 6) is 0. The second-order valence-electron chi connectivity index (χ2n) is 4.38. The Labute approximate surface area is 82.7 Å². The van der Waals surface area contributed by atoms with Crippen molar-refractivity contribution < 1.29 is 0 Å². The number of hydrogen-bond acceptors (Lipinski definition) is 2. The molecule has 78 valence electrons. The number of rotatable bonds is 3. The Morgan fingerprint density at radius 3 is 2.85 bits per heavy atom. The molecule has 0 bridgehead atoms. The topological polar surface area (TPSA) is 15.3 Å². The lowest BCUT2D eigenvalue weighted by Crippen LogP contribution is -2.40. The maximum Gasteiger partial charge on any atom is 0.0195 e. The molecular weight excluding hydrogens is 160 g/mol. The molecule has 0 aliphatic carbocycles. The molecule has 0 aromatic carbocycles. The second kappa shape index (κ2) is 5.61. The summed E-state index contributed by atoms with van der Waals surface area (Å²) in [5, 5.41) is 3.63. The van der Waals surface area contributed by atoms with E-state index in [1.807, 2.05) is 0 Å². The van der Waals surface area contributed by atoms with Crippen LogP contribution in [0, 0.1) is 0 Å². The van der Waals surface area contributed by atoms with Crippen LogP contribution < -0.4 is 5.32 Å². The molecule has 1 atom stereocenters. The van der Waals surface area contributed by atoms with Crippen molar-refractivity contribution in [2.75, 3.05) is 19.6 Å². The number of nitrogens with one attached hydrogen (secondary N) is 1. The fourth-order valence-corrected chi connectivity index (χ4v) is 2.04. The molecule has 1 aliphatic heterocycles. The average Bonchev–Trinajstić information content (AvgIpc) is 2.30. The minimum absolute atomic E-state index is 0.708. The molecule has 0 spiro atoms. The van der Waals surface area contributed by atoms with E-state index < -0.39 is 0 Å². The van der Waals surface area contributed by atoms with E-state index in [9.17, 15) is 0 Å². The van der Waals surface area contributed by atoms with Crippen LogP contribution in [-0.4, -0.2) is 36.6 Å². The minimum atomic E-state index is 0.708. The molecule has 1 unspecified atom stereocenters. The largest absolute Gasteiger partial charge is 0.313 e. The van der Waals surface area contributed by atoms with Gasteiger partial charge < -0.3 is 5.32 Å². The summed E-state index contributed by atoms with van der Waals surface area (Å²) in [6.45, 7) is 10.6. The molecule has 1 heterocycles. The zero-order valence-corrected chi connectivity index (χ0v) is 9.34. The van der Waals surface area contributed by atoms with Gasteiger partial charge in [-0.25, -0.2) is 0 Å². The highest BCUT2D eigenvalue weighted by molar-refractivity contribution is 4.77. The van der Waals surface area contributed by atoms with Gasteiger partial charge in [-0.1, -0.05) is 13.3 Å². The van der Waals surface area contributed by atoms with Gasteiger partial charge in [0.25, 0.3) is 0 Å². The average molecular weight is 184 g/mol. The van der Waals surface area contributed by atoms with Crippen LogP contribution >= 0.6 is 0 Å². The monoisotopic (exact) mass is 184 g/mol. The van der Waals surface area contributed by atoms with Gasteiger partial charge >= 0.3 is 0 Å². The lowest BCUT2D eigenvalue weighted by atomic mass is 10.1. The number of nitrogens with zero attached hydrogens (tertiary/aromatic N) is 1. The minimum Gasteiger partial charge on any atom is -0.313 e. The van der Waals surface area contributed by atoms with Crippen LogP contribution in [0.25, 0.3) is 0 Å². The van der Waals surface area contributed by atoms with Crippen LogP contribution in [0.1, 0.15) is 40.0 Å². The molecule has 0 aromatic rings. The third-order valence-corrected chi connectivity index (χ3v) is 2.88. The fourth-order valence-electron chi connectivity index (χ4n) is 2.04. The molecule has 1 aliphatic rings. The highest BCUT2D eigenvalue weighted by Gasteiger charge is 2.18. The van der Waals surface area contributed by atoms with Gasteiger partial charge in [0, 0.05) is 18.6 Å². The van der Waals surface area contributed by atoms with Crippen LogP contribution in [0.2, 0.25) is 0 Å². The van der Waals surface area contributed by atoms with Gasteiger partial charge in [0.1, 0.15) is 0 Å². The third-order valence-electron chi connectivity index (χ3n) is 2.88. The normalized spacial score (nSPS) is 26.3. The van der Waals surface area contributed by atoms with Crippen molar-refractivity contribution in [3.63, 3.8) is 0 Å². The summed E-state index contributed by atoms with van der Waals surface area (Å²) in [5.41, 5.74) is 0. The Hall–Kier alpha value is -0.0800. The zero-order valence-electron chi connectivity index (χ0n) is 9.34. The van der Waals surface area contributed by atoms with Gasteiger partial charge in [0.15, 0.2) is 0 Å². The molecule has 1 N–H and O–H groups in total. The first-order valence-electron chi connectivity index (χ1n) is 5.71. The van der Waals surface area contributed by atoms with Gasteiger partial charge in [-0.3, -0.25) is 4.90 Å². The van der Waals surface area contributed by atoms with E-state index in [1.165, 1.54) is 38.9 Å². The van der Waals surface area contributed by atoms with E-state index in [2.05, 4.69) is 31.0 Å². The van der Waals surface area contributed by atoms with Crippen molar-refractivity contribution in [3.05, 3.63) is 0 Å². The van der Waals surface area contributed by atoms with Crippen molar-refractivity contribution in [1.82, 2.24) is 10.2 Å². The van der Waals surface area contributed by atoms with E-state index in [1.54, 1.807) is 0 Å². The Morgan fingerprint density at radius 2 is 2.23 bits per heavy atom. The Kier molecular flexibility index (Phi) is 4.74. The van der Waals surface area contributed by atoms with E-state index >= 15 is 0 Å². The lowest BCUT2D eigenvalue weighted by Gasteiger charge is -2.27. The fraction of sp³-hybridized carbons (Fsp3) is 1.00. The summed E-state index contributed by atoms with van der Waals surface area (Å²) in [6.07, 6.45) is 3.92. The summed E-state index contributed by atoms with van der Waals surface area (Å²) in [4.78, 5) is 2.60. The lowest BCUT2D eigenvalue weighted by molar-refractivity contribution is 0.214. The second-order valence-corrected chi connectivity index (χ2v) is 4.38. The molecular formula is C11H24N2. The van der Waals surface area contributed by atoms with Gasteiger partial charge in [0.2, 0.25) is 0 Å². The molecule has 0 amide bonds. The van der Waals surface area contributed by atoms with Crippen molar-refractivity contribution in [2.24, 2.45) is 0 Å². The predicted octanol–water partition coefficient (Wildman–Crippen LogP) is 1.86. The van der Waals surface area contributed by atoms with Crippen molar-refractivity contribution in [1.29, 1.82) is 0 Å². The van der Waals surface area contributed by atoms with E-state index in [0.717, 1.165) is 6.04 Å².